The first-order chi connectivity index (χ1) is 7.29. The summed E-state index contributed by atoms with van der Waals surface area (Å²) >= 11 is 0. The molecule has 2 N–H and O–H groups in total. The molecule has 1 aliphatic heterocycles. The van der Waals surface area contributed by atoms with Gasteiger partial charge in [-0.05, 0) is 38.3 Å². The molecule has 2 aliphatic rings. The number of hydrogen-bond acceptors (Lipinski definition) is 2. The molecule has 0 bridgehead atoms. The van der Waals surface area contributed by atoms with Gasteiger partial charge in [0.05, 0.1) is 5.60 Å². The molecule has 0 radical (unpaired) electrons. The molecule has 0 atom stereocenters. The molecule has 2 heteroatoms. The van der Waals surface area contributed by atoms with Crippen molar-refractivity contribution in [3.8, 4) is 0 Å². The maximum Gasteiger partial charge on any atom is 0.0672 e. The van der Waals surface area contributed by atoms with Gasteiger partial charge in [0.2, 0.25) is 0 Å². The highest BCUT2D eigenvalue weighted by molar-refractivity contribution is 4.84. The minimum absolute atomic E-state index is 0.330. The van der Waals surface area contributed by atoms with E-state index in [0.717, 1.165) is 38.3 Å². The number of aliphatic hydroxyl groups is 1. The van der Waals surface area contributed by atoms with E-state index in [1.165, 1.54) is 38.5 Å². The summed E-state index contributed by atoms with van der Waals surface area (Å²) in [7, 11) is 0. The molecular weight excluding hydrogens is 186 g/mol. The average molecular weight is 211 g/mol. The first kappa shape index (κ1) is 11.4. The van der Waals surface area contributed by atoms with Crippen molar-refractivity contribution in [2.75, 3.05) is 13.1 Å². The fourth-order valence-electron chi connectivity index (χ4n) is 3.16. The van der Waals surface area contributed by atoms with Crippen LogP contribution in [0.2, 0.25) is 0 Å². The highest BCUT2D eigenvalue weighted by Crippen LogP contribution is 2.31. The summed E-state index contributed by atoms with van der Waals surface area (Å²) < 4.78 is 0. The fraction of sp³-hybridized carbons (Fsp3) is 1.00. The topological polar surface area (TPSA) is 32.3 Å². The standard InChI is InChI=1S/C13H25NO/c15-13(8-10-14-11-9-13)7-3-6-12-4-1-2-5-12/h12,14-15H,1-11H2. The molecule has 0 unspecified atom stereocenters. The van der Waals surface area contributed by atoms with Crippen molar-refractivity contribution in [2.45, 2.75) is 63.4 Å². The second-order valence-corrected chi connectivity index (χ2v) is 5.52. The van der Waals surface area contributed by atoms with Gasteiger partial charge in [-0.2, -0.15) is 0 Å². The van der Waals surface area contributed by atoms with Gasteiger partial charge in [-0.3, -0.25) is 0 Å². The number of piperidine rings is 1. The largest absolute Gasteiger partial charge is 0.390 e. The predicted octanol–water partition coefficient (Wildman–Crippen LogP) is 2.46. The SMILES string of the molecule is OC1(CCCC2CCCC2)CCNCC1. The quantitative estimate of drug-likeness (QED) is 0.748. The van der Waals surface area contributed by atoms with E-state index >= 15 is 0 Å². The molecule has 0 aromatic rings. The van der Waals surface area contributed by atoms with Gasteiger partial charge >= 0.3 is 0 Å². The Hall–Kier alpha value is -0.0800. The lowest BCUT2D eigenvalue weighted by Gasteiger charge is -2.32. The van der Waals surface area contributed by atoms with Crippen LogP contribution in [0.25, 0.3) is 0 Å². The van der Waals surface area contributed by atoms with Crippen molar-refractivity contribution in [1.29, 1.82) is 0 Å². The highest BCUT2D eigenvalue weighted by Gasteiger charge is 2.28. The summed E-state index contributed by atoms with van der Waals surface area (Å²) in [5.74, 6) is 0.982. The third-order valence-corrected chi connectivity index (χ3v) is 4.26. The third kappa shape index (κ3) is 3.46. The summed E-state index contributed by atoms with van der Waals surface area (Å²) in [5, 5.41) is 13.6. The minimum Gasteiger partial charge on any atom is -0.390 e. The molecule has 1 heterocycles. The molecule has 1 saturated carbocycles. The van der Waals surface area contributed by atoms with Crippen LogP contribution in [-0.4, -0.2) is 23.8 Å². The highest BCUT2D eigenvalue weighted by atomic mass is 16.3. The smallest absolute Gasteiger partial charge is 0.0672 e. The van der Waals surface area contributed by atoms with Crippen LogP contribution in [0.5, 0.6) is 0 Å². The van der Waals surface area contributed by atoms with E-state index in [9.17, 15) is 5.11 Å². The van der Waals surface area contributed by atoms with Crippen LogP contribution in [0, 0.1) is 5.92 Å². The van der Waals surface area contributed by atoms with E-state index < -0.39 is 0 Å². The lowest BCUT2D eigenvalue weighted by atomic mass is 9.86. The van der Waals surface area contributed by atoms with Gasteiger partial charge in [0.15, 0.2) is 0 Å². The van der Waals surface area contributed by atoms with Gasteiger partial charge in [-0.1, -0.05) is 38.5 Å². The van der Waals surface area contributed by atoms with Gasteiger partial charge < -0.3 is 10.4 Å². The van der Waals surface area contributed by atoms with E-state index in [0.29, 0.717) is 0 Å². The Labute approximate surface area is 93.5 Å². The van der Waals surface area contributed by atoms with Crippen LogP contribution in [0.1, 0.15) is 57.8 Å². The van der Waals surface area contributed by atoms with E-state index in [-0.39, 0.29) is 5.60 Å². The zero-order valence-corrected chi connectivity index (χ0v) is 9.80. The van der Waals surface area contributed by atoms with Crippen molar-refractivity contribution in [2.24, 2.45) is 5.92 Å². The van der Waals surface area contributed by atoms with E-state index in [1.54, 1.807) is 0 Å². The van der Waals surface area contributed by atoms with Gasteiger partial charge in [0.25, 0.3) is 0 Å². The molecule has 88 valence electrons. The predicted molar refractivity (Wildman–Crippen MR) is 62.9 cm³/mol. The van der Waals surface area contributed by atoms with Crippen molar-refractivity contribution in [3.05, 3.63) is 0 Å². The number of rotatable bonds is 4. The average Bonchev–Trinajstić information content (AvgIpc) is 2.71. The molecule has 2 nitrogen and oxygen atoms in total. The summed E-state index contributed by atoms with van der Waals surface area (Å²) in [6.07, 6.45) is 11.3. The summed E-state index contributed by atoms with van der Waals surface area (Å²) in [5.41, 5.74) is -0.330. The second kappa shape index (κ2) is 5.31. The van der Waals surface area contributed by atoms with Crippen LogP contribution >= 0.6 is 0 Å². The molecule has 0 amide bonds. The summed E-state index contributed by atoms with van der Waals surface area (Å²) in [6.45, 7) is 2.00. The molecule has 15 heavy (non-hydrogen) atoms. The Bertz CT molecular complexity index is 181. The Balaban J connectivity index is 1.63. The van der Waals surface area contributed by atoms with E-state index in [4.69, 9.17) is 0 Å². The van der Waals surface area contributed by atoms with Gasteiger partial charge in [-0.25, -0.2) is 0 Å². The van der Waals surface area contributed by atoms with Crippen molar-refractivity contribution in [3.63, 3.8) is 0 Å². The van der Waals surface area contributed by atoms with Gasteiger partial charge in [0.1, 0.15) is 0 Å². The number of nitrogens with one attached hydrogen (secondary N) is 1. The van der Waals surface area contributed by atoms with Crippen LogP contribution in [0.4, 0.5) is 0 Å². The molecular formula is C13H25NO. The minimum atomic E-state index is -0.330. The van der Waals surface area contributed by atoms with Crippen molar-refractivity contribution >= 4 is 0 Å². The Morgan fingerprint density at radius 3 is 2.47 bits per heavy atom. The normalized spacial score (nSPS) is 27.0. The van der Waals surface area contributed by atoms with E-state index in [2.05, 4.69) is 5.32 Å². The lowest BCUT2D eigenvalue weighted by Crippen LogP contribution is -2.41. The molecule has 0 aromatic carbocycles. The summed E-state index contributed by atoms with van der Waals surface area (Å²) in [4.78, 5) is 0. The summed E-state index contributed by atoms with van der Waals surface area (Å²) in [6, 6.07) is 0. The van der Waals surface area contributed by atoms with Gasteiger partial charge in [0, 0.05) is 0 Å². The van der Waals surface area contributed by atoms with Crippen molar-refractivity contribution < 1.29 is 5.11 Å². The van der Waals surface area contributed by atoms with Crippen LogP contribution in [-0.2, 0) is 0 Å². The Morgan fingerprint density at radius 2 is 1.80 bits per heavy atom. The molecule has 1 aliphatic carbocycles. The van der Waals surface area contributed by atoms with Crippen LogP contribution < -0.4 is 5.32 Å². The Kier molecular flexibility index (Phi) is 4.04. The molecule has 2 rings (SSSR count). The maximum absolute atomic E-state index is 10.3. The van der Waals surface area contributed by atoms with Crippen LogP contribution in [0.3, 0.4) is 0 Å². The zero-order chi connectivity index (χ0) is 10.6. The maximum atomic E-state index is 10.3. The Morgan fingerprint density at radius 1 is 1.13 bits per heavy atom. The molecule has 0 spiro atoms. The second-order valence-electron chi connectivity index (χ2n) is 5.52. The monoisotopic (exact) mass is 211 g/mol. The first-order valence-corrected chi connectivity index (χ1v) is 6.72. The molecule has 1 saturated heterocycles. The third-order valence-electron chi connectivity index (χ3n) is 4.26. The first-order valence-electron chi connectivity index (χ1n) is 6.72. The van der Waals surface area contributed by atoms with Gasteiger partial charge in [-0.15, -0.1) is 0 Å². The van der Waals surface area contributed by atoms with Crippen LogP contribution in [0.15, 0.2) is 0 Å². The van der Waals surface area contributed by atoms with Crippen molar-refractivity contribution in [1.82, 2.24) is 5.32 Å². The fourth-order valence-corrected chi connectivity index (χ4v) is 3.16. The molecule has 0 aromatic heterocycles. The lowest BCUT2D eigenvalue weighted by molar-refractivity contribution is -0.000438. The zero-order valence-electron chi connectivity index (χ0n) is 9.80. The number of hydrogen-bond donors (Lipinski definition) is 2. The molecule has 2 fully saturated rings. The van der Waals surface area contributed by atoms with E-state index in [1.807, 2.05) is 0 Å².